The first-order chi connectivity index (χ1) is 16.6. The van der Waals surface area contributed by atoms with Gasteiger partial charge in [0.15, 0.2) is 0 Å². The quantitative estimate of drug-likeness (QED) is 0.455. The van der Waals surface area contributed by atoms with Gasteiger partial charge in [-0.2, -0.15) is 0 Å². The Kier molecular flexibility index (Phi) is 6.70. The Hall–Kier alpha value is -3.61. The fourth-order valence-corrected chi connectivity index (χ4v) is 5.19. The molecule has 1 fully saturated rings. The van der Waals surface area contributed by atoms with E-state index in [0.717, 1.165) is 35.4 Å². The van der Waals surface area contributed by atoms with E-state index in [4.69, 9.17) is 0 Å². The number of fused-ring (bicyclic) bond motifs is 1. The van der Waals surface area contributed by atoms with Gasteiger partial charge in [-0.3, -0.25) is 9.59 Å². The molecule has 2 heterocycles. The van der Waals surface area contributed by atoms with Crippen molar-refractivity contribution in [2.24, 2.45) is 0 Å². The molecule has 2 aromatic rings. The molecular weight excluding hydrogens is 440 g/mol. The Morgan fingerprint density at radius 3 is 2.69 bits per heavy atom. The number of carbonyl (C=O) groups is 3. The van der Waals surface area contributed by atoms with Crippen molar-refractivity contribution < 1.29 is 14.4 Å². The van der Waals surface area contributed by atoms with Crippen LogP contribution in [0.3, 0.4) is 0 Å². The van der Waals surface area contributed by atoms with Crippen molar-refractivity contribution in [1.29, 1.82) is 0 Å². The van der Waals surface area contributed by atoms with Gasteiger partial charge < -0.3 is 15.5 Å². The van der Waals surface area contributed by atoms with Gasteiger partial charge in [-0.25, -0.2) is 9.69 Å². The molecule has 0 saturated carbocycles. The summed E-state index contributed by atoms with van der Waals surface area (Å²) >= 11 is 0. The summed E-state index contributed by atoms with van der Waals surface area (Å²) < 4.78 is 0. The lowest BCUT2D eigenvalue weighted by atomic mass is 9.79. The second-order valence-corrected chi connectivity index (χ2v) is 10.2. The highest BCUT2D eigenvalue weighted by atomic mass is 16.2. The summed E-state index contributed by atoms with van der Waals surface area (Å²) in [5, 5.41) is 5.36. The first-order valence-electron chi connectivity index (χ1n) is 12.2. The summed E-state index contributed by atoms with van der Waals surface area (Å²) in [6.07, 6.45) is 3.80. The van der Waals surface area contributed by atoms with Crippen molar-refractivity contribution >= 4 is 35.3 Å². The highest BCUT2D eigenvalue weighted by Gasteiger charge is 2.37. The minimum Gasteiger partial charge on any atom is -0.366 e. The molecular formula is C28H34N4O3. The molecule has 2 aliphatic rings. The van der Waals surface area contributed by atoms with Crippen LogP contribution >= 0.6 is 0 Å². The van der Waals surface area contributed by atoms with E-state index in [1.165, 1.54) is 11.3 Å². The Morgan fingerprint density at radius 2 is 1.97 bits per heavy atom. The maximum atomic E-state index is 12.9. The van der Waals surface area contributed by atoms with Crippen LogP contribution in [0.4, 0.5) is 16.2 Å². The zero-order valence-electron chi connectivity index (χ0n) is 21.1. The number of anilines is 2. The molecule has 0 aromatic heterocycles. The SMILES string of the molecule is CCCN1c2ccc(/C=C3/NC(=O)N(CC(=O)Nc4cccc(C)c4)C3=O)cc2C(C)CC1(C)C. The van der Waals surface area contributed by atoms with E-state index >= 15 is 0 Å². The van der Waals surface area contributed by atoms with Crippen molar-refractivity contribution in [2.75, 3.05) is 23.3 Å². The molecule has 2 N–H and O–H groups in total. The lowest BCUT2D eigenvalue weighted by Gasteiger charge is -2.47. The second kappa shape index (κ2) is 9.56. The molecule has 7 heteroatoms. The van der Waals surface area contributed by atoms with Crippen molar-refractivity contribution in [3.05, 3.63) is 64.9 Å². The zero-order chi connectivity index (χ0) is 25.3. The van der Waals surface area contributed by atoms with Crippen LogP contribution in [0.25, 0.3) is 6.08 Å². The third kappa shape index (κ3) is 5.09. The number of imide groups is 1. The van der Waals surface area contributed by atoms with Crippen LogP contribution in [0.1, 0.15) is 63.1 Å². The van der Waals surface area contributed by atoms with Gasteiger partial charge in [-0.15, -0.1) is 0 Å². The molecule has 0 spiro atoms. The lowest BCUT2D eigenvalue weighted by molar-refractivity contribution is -0.127. The van der Waals surface area contributed by atoms with Gasteiger partial charge in [-0.05, 0) is 86.6 Å². The minimum absolute atomic E-state index is 0.0807. The van der Waals surface area contributed by atoms with Gasteiger partial charge in [0.25, 0.3) is 5.91 Å². The average Bonchev–Trinajstić information content (AvgIpc) is 3.03. The lowest BCUT2D eigenvalue weighted by Crippen LogP contribution is -2.48. The molecule has 4 rings (SSSR count). The number of amides is 4. The summed E-state index contributed by atoms with van der Waals surface area (Å²) in [5.74, 6) is -0.558. The zero-order valence-corrected chi connectivity index (χ0v) is 21.1. The summed E-state index contributed by atoms with van der Waals surface area (Å²) in [7, 11) is 0. The Balaban J connectivity index is 1.51. The third-order valence-corrected chi connectivity index (χ3v) is 6.73. The number of carbonyl (C=O) groups excluding carboxylic acids is 3. The van der Waals surface area contributed by atoms with Gasteiger partial charge >= 0.3 is 6.03 Å². The molecule has 35 heavy (non-hydrogen) atoms. The minimum atomic E-state index is -0.595. The standard InChI is InChI=1S/C28H34N4O3/c1-6-12-32-24-11-10-20(14-22(24)19(3)16-28(32,4)5)15-23-26(34)31(27(35)30-23)17-25(33)29-21-9-7-8-18(2)13-21/h7-11,13-15,19H,6,12,16-17H2,1-5H3,(H,29,33)(H,30,35)/b23-15+. The molecule has 1 saturated heterocycles. The fourth-order valence-electron chi connectivity index (χ4n) is 5.19. The molecule has 4 amide bonds. The molecule has 0 aliphatic carbocycles. The van der Waals surface area contributed by atoms with Crippen LogP contribution in [0.2, 0.25) is 0 Å². The van der Waals surface area contributed by atoms with E-state index in [9.17, 15) is 14.4 Å². The van der Waals surface area contributed by atoms with E-state index < -0.39 is 17.8 Å². The summed E-state index contributed by atoms with van der Waals surface area (Å²) in [6.45, 7) is 11.6. The van der Waals surface area contributed by atoms with Crippen molar-refractivity contribution in [3.8, 4) is 0 Å². The van der Waals surface area contributed by atoms with Gasteiger partial charge in [-0.1, -0.05) is 32.0 Å². The van der Waals surface area contributed by atoms with Gasteiger partial charge in [0.05, 0.1) is 0 Å². The van der Waals surface area contributed by atoms with E-state index in [1.54, 1.807) is 12.1 Å². The predicted molar refractivity (Wildman–Crippen MR) is 139 cm³/mol. The van der Waals surface area contributed by atoms with Crippen molar-refractivity contribution in [3.63, 3.8) is 0 Å². The van der Waals surface area contributed by atoms with Crippen LogP contribution in [0.15, 0.2) is 48.2 Å². The second-order valence-electron chi connectivity index (χ2n) is 10.2. The van der Waals surface area contributed by atoms with Gasteiger partial charge in [0.1, 0.15) is 12.2 Å². The van der Waals surface area contributed by atoms with Crippen LogP contribution < -0.4 is 15.5 Å². The van der Waals surface area contributed by atoms with E-state index in [1.807, 2.05) is 31.2 Å². The largest absolute Gasteiger partial charge is 0.366 e. The molecule has 2 aromatic carbocycles. The first-order valence-corrected chi connectivity index (χ1v) is 12.2. The number of hydrogen-bond acceptors (Lipinski definition) is 4. The summed E-state index contributed by atoms with van der Waals surface area (Å²) in [4.78, 5) is 41.3. The smallest absolute Gasteiger partial charge is 0.329 e. The van der Waals surface area contributed by atoms with Crippen molar-refractivity contribution in [2.45, 2.75) is 58.9 Å². The normalized spacial score (nSPS) is 20.1. The molecule has 1 unspecified atom stereocenters. The van der Waals surface area contributed by atoms with Gasteiger partial charge in [0, 0.05) is 23.5 Å². The number of aryl methyl sites for hydroxylation is 1. The number of rotatable bonds is 6. The highest BCUT2D eigenvalue weighted by Crippen LogP contribution is 2.43. The molecule has 7 nitrogen and oxygen atoms in total. The van der Waals surface area contributed by atoms with Gasteiger partial charge in [0.2, 0.25) is 5.91 Å². The highest BCUT2D eigenvalue weighted by molar-refractivity contribution is 6.16. The first kappa shape index (κ1) is 24.5. The Morgan fingerprint density at radius 1 is 1.20 bits per heavy atom. The monoisotopic (exact) mass is 474 g/mol. The van der Waals surface area contributed by atoms with E-state index in [0.29, 0.717) is 11.6 Å². The summed E-state index contributed by atoms with van der Waals surface area (Å²) in [5.41, 5.74) is 5.21. The molecule has 1 atom stereocenters. The van der Waals surface area contributed by atoms with Crippen LogP contribution in [0.5, 0.6) is 0 Å². The predicted octanol–water partition coefficient (Wildman–Crippen LogP) is 5.03. The van der Waals surface area contributed by atoms with Crippen LogP contribution in [-0.4, -0.2) is 41.4 Å². The molecule has 0 bridgehead atoms. The molecule has 184 valence electrons. The van der Waals surface area contributed by atoms with E-state index in [-0.39, 0.29) is 17.8 Å². The number of benzene rings is 2. The fraction of sp³-hybridized carbons (Fsp3) is 0.393. The number of urea groups is 1. The maximum Gasteiger partial charge on any atom is 0.329 e. The number of hydrogen-bond donors (Lipinski definition) is 2. The third-order valence-electron chi connectivity index (χ3n) is 6.73. The summed E-state index contributed by atoms with van der Waals surface area (Å²) in [6, 6.07) is 13.0. The van der Waals surface area contributed by atoms with Crippen LogP contribution in [0, 0.1) is 6.92 Å². The molecule has 0 radical (unpaired) electrons. The topological polar surface area (TPSA) is 81.8 Å². The Bertz CT molecular complexity index is 1200. The molecule has 2 aliphatic heterocycles. The number of nitrogens with zero attached hydrogens (tertiary/aromatic N) is 2. The van der Waals surface area contributed by atoms with Crippen LogP contribution in [-0.2, 0) is 9.59 Å². The van der Waals surface area contributed by atoms with E-state index in [2.05, 4.69) is 55.4 Å². The average molecular weight is 475 g/mol. The maximum absolute atomic E-state index is 12.9. The van der Waals surface area contributed by atoms with Crippen molar-refractivity contribution in [1.82, 2.24) is 10.2 Å². The Labute approximate surface area is 207 Å². The number of nitrogens with one attached hydrogen (secondary N) is 2.